The quantitative estimate of drug-likeness (QED) is 0.750. The molecule has 3 heteroatoms. The molecule has 0 radical (unpaired) electrons. The molecule has 0 N–H and O–H groups in total. The van der Waals surface area contributed by atoms with Gasteiger partial charge in [0.25, 0.3) is 0 Å². The normalized spacial score (nSPS) is 18.0. The van der Waals surface area contributed by atoms with E-state index < -0.39 is 0 Å². The maximum Gasteiger partial charge on any atom is 1.00 e. The van der Waals surface area contributed by atoms with Crippen molar-refractivity contribution in [1.29, 1.82) is 0 Å². The van der Waals surface area contributed by atoms with Gasteiger partial charge >= 0.3 is 18.9 Å². The van der Waals surface area contributed by atoms with Gasteiger partial charge in [-0.3, -0.25) is 0 Å². The second-order valence-corrected chi connectivity index (χ2v) is 7.19. The molecule has 0 amide bonds. The van der Waals surface area contributed by atoms with Crippen molar-refractivity contribution >= 4 is 0 Å². The van der Waals surface area contributed by atoms with Crippen LogP contribution < -0.4 is 18.9 Å². The van der Waals surface area contributed by atoms with Gasteiger partial charge in [-0.15, -0.1) is 6.54 Å². The summed E-state index contributed by atoms with van der Waals surface area (Å²) in [5.41, 5.74) is 1.64. The topological polar surface area (TPSA) is 17.3 Å². The third kappa shape index (κ3) is 7.02. The fourth-order valence-corrected chi connectivity index (χ4v) is 2.71. The molecule has 2 rings (SSSR count). The molecule has 0 saturated carbocycles. The molecule has 1 heterocycles. The number of nitrogens with zero attached hydrogens (tertiary/aromatic N) is 2. The SMILES string of the molecule is CC(C)(C)C[N-][C@@H](CN1CCCCC1)c1ccccc1.[Li+]. The Balaban J connectivity index is 0.00000220. The zero-order valence-corrected chi connectivity index (χ0v) is 14.3. The first-order valence-electron chi connectivity index (χ1n) is 7.98. The van der Waals surface area contributed by atoms with Crippen LogP contribution in [0.5, 0.6) is 0 Å². The Kier molecular flexibility index (Phi) is 8.06. The summed E-state index contributed by atoms with van der Waals surface area (Å²) in [7, 11) is 0. The zero-order valence-electron chi connectivity index (χ0n) is 14.3. The largest absolute Gasteiger partial charge is 1.00 e. The van der Waals surface area contributed by atoms with E-state index in [4.69, 9.17) is 5.32 Å². The van der Waals surface area contributed by atoms with E-state index in [9.17, 15) is 0 Å². The standard InChI is InChI=1S/C18H29N2.Li/c1-18(2,3)15-19-17(16-10-6-4-7-11-16)14-20-12-8-5-9-13-20;/h4,6-7,10-11,17H,5,8-9,12-15H2,1-3H3;/q-1;+1/t17-;/m0./s1. The van der Waals surface area contributed by atoms with Crippen LogP contribution >= 0.6 is 0 Å². The second-order valence-electron chi connectivity index (χ2n) is 7.19. The smallest absolute Gasteiger partial charge is 0.654 e. The summed E-state index contributed by atoms with van der Waals surface area (Å²) < 4.78 is 0. The summed E-state index contributed by atoms with van der Waals surface area (Å²) in [5, 5.41) is 5.02. The first kappa shape index (κ1) is 18.8. The average Bonchev–Trinajstić information content (AvgIpc) is 2.44. The molecule has 21 heavy (non-hydrogen) atoms. The number of rotatable bonds is 5. The molecule has 1 atom stereocenters. The van der Waals surface area contributed by atoms with Crippen LogP contribution in [0.15, 0.2) is 30.3 Å². The third-order valence-electron chi connectivity index (χ3n) is 3.85. The molecule has 1 aliphatic heterocycles. The van der Waals surface area contributed by atoms with Crippen LogP contribution in [0.25, 0.3) is 5.32 Å². The summed E-state index contributed by atoms with van der Waals surface area (Å²) in [5.74, 6) is 0. The Morgan fingerprint density at radius 3 is 2.24 bits per heavy atom. The van der Waals surface area contributed by atoms with Crippen molar-refractivity contribution in [3.63, 3.8) is 0 Å². The molecule has 1 saturated heterocycles. The minimum Gasteiger partial charge on any atom is -0.654 e. The molecule has 0 bridgehead atoms. The minimum absolute atomic E-state index is 0. The number of piperidine rings is 1. The monoisotopic (exact) mass is 280 g/mol. The van der Waals surface area contributed by atoms with Gasteiger partial charge in [0.15, 0.2) is 0 Å². The number of likely N-dealkylation sites (tertiary alicyclic amines) is 1. The predicted molar refractivity (Wildman–Crippen MR) is 87.2 cm³/mol. The van der Waals surface area contributed by atoms with Crippen molar-refractivity contribution in [1.82, 2.24) is 4.90 Å². The molecule has 0 aromatic heterocycles. The average molecular weight is 280 g/mol. The van der Waals surface area contributed by atoms with Gasteiger partial charge in [0.2, 0.25) is 0 Å². The van der Waals surface area contributed by atoms with Gasteiger partial charge in [-0.2, -0.15) is 0 Å². The number of benzene rings is 1. The van der Waals surface area contributed by atoms with Crippen molar-refractivity contribution in [2.75, 3.05) is 26.2 Å². The molecular weight excluding hydrogens is 251 g/mol. The van der Waals surface area contributed by atoms with Gasteiger partial charge in [-0.1, -0.05) is 74.5 Å². The van der Waals surface area contributed by atoms with Crippen molar-refractivity contribution in [2.24, 2.45) is 5.41 Å². The predicted octanol–water partition coefficient (Wildman–Crippen LogP) is 1.64. The van der Waals surface area contributed by atoms with E-state index in [1.54, 1.807) is 0 Å². The van der Waals surface area contributed by atoms with E-state index in [0.717, 1.165) is 13.1 Å². The Morgan fingerprint density at radius 2 is 1.67 bits per heavy atom. The van der Waals surface area contributed by atoms with Gasteiger partial charge < -0.3 is 10.2 Å². The minimum atomic E-state index is 0. The van der Waals surface area contributed by atoms with Crippen LogP contribution in [0.4, 0.5) is 0 Å². The van der Waals surface area contributed by atoms with Gasteiger partial charge in [-0.25, -0.2) is 0 Å². The van der Waals surface area contributed by atoms with Crippen LogP contribution in [0.1, 0.15) is 51.6 Å². The van der Waals surface area contributed by atoms with E-state index in [-0.39, 0.29) is 24.3 Å². The van der Waals surface area contributed by atoms with E-state index in [0.29, 0.717) is 6.04 Å². The molecule has 1 aromatic carbocycles. The van der Waals surface area contributed by atoms with E-state index in [1.165, 1.54) is 37.9 Å². The Morgan fingerprint density at radius 1 is 1.05 bits per heavy atom. The first-order valence-corrected chi connectivity index (χ1v) is 7.98. The van der Waals surface area contributed by atoms with Crippen molar-refractivity contribution in [2.45, 2.75) is 46.1 Å². The van der Waals surface area contributed by atoms with Crippen LogP contribution in [-0.2, 0) is 0 Å². The molecule has 1 aromatic rings. The molecule has 1 fully saturated rings. The summed E-state index contributed by atoms with van der Waals surface area (Å²) >= 11 is 0. The molecule has 1 aliphatic rings. The number of hydrogen-bond acceptors (Lipinski definition) is 1. The molecule has 0 aliphatic carbocycles. The molecule has 0 unspecified atom stereocenters. The summed E-state index contributed by atoms with van der Waals surface area (Å²) in [4.78, 5) is 2.59. The van der Waals surface area contributed by atoms with Gasteiger partial charge in [0.05, 0.1) is 0 Å². The van der Waals surface area contributed by atoms with Crippen LogP contribution in [-0.4, -0.2) is 31.1 Å². The summed E-state index contributed by atoms with van der Waals surface area (Å²) in [6, 6.07) is 11.1. The second kappa shape index (κ2) is 9.01. The third-order valence-corrected chi connectivity index (χ3v) is 3.85. The summed E-state index contributed by atoms with van der Waals surface area (Å²) in [6.45, 7) is 11.3. The number of hydrogen-bond donors (Lipinski definition) is 0. The van der Waals surface area contributed by atoms with E-state index >= 15 is 0 Å². The Labute approximate surface area is 142 Å². The summed E-state index contributed by atoms with van der Waals surface area (Å²) in [6.07, 6.45) is 4.09. The fourth-order valence-electron chi connectivity index (χ4n) is 2.71. The molecule has 112 valence electrons. The Bertz CT molecular complexity index is 380. The Hall–Kier alpha value is -0.263. The van der Waals surface area contributed by atoms with E-state index in [1.807, 2.05) is 0 Å². The van der Waals surface area contributed by atoms with Gasteiger partial charge in [0, 0.05) is 0 Å². The fraction of sp³-hybridized carbons (Fsp3) is 0.667. The maximum atomic E-state index is 5.02. The van der Waals surface area contributed by atoms with Crippen LogP contribution in [0, 0.1) is 5.41 Å². The molecule has 0 spiro atoms. The van der Waals surface area contributed by atoms with E-state index in [2.05, 4.69) is 56.0 Å². The zero-order chi connectivity index (χ0) is 14.4. The van der Waals surface area contributed by atoms with Crippen molar-refractivity contribution < 1.29 is 18.9 Å². The molecule has 2 nitrogen and oxygen atoms in total. The van der Waals surface area contributed by atoms with Gasteiger partial charge in [0.1, 0.15) is 0 Å². The van der Waals surface area contributed by atoms with Crippen LogP contribution in [0.2, 0.25) is 0 Å². The van der Waals surface area contributed by atoms with Crippen LogP contribution in [0.3, 0.4) is 0 Å². The first-order chi connectivity index (χ1) is 9.54. The van der Waals surface area contributed by atoms with Gasteiger partial charge in [-0.05, 0) is 32.5 Å². The molecular formula is C18H29LiN2. The van der Waals surface area contributed by atoms with Crippen molar-refractivity contribution in [3.05, 3.63) is 41.2 Å². The van der Waals surface area contributed by atoms with Crippen molar-refractivity contribution in [3.8, 4) is 0 Å². The maximum absolute atomic E-state index is 5.02.